The number of hydrogen-bond donors (Lipinski definition) is 1. The van der Waals surface area contributed by atoms with Crippen LogP contribution in [-0.4, -0.2) is 45.4 Å². The van der Waals surface area contributed by atoms with E-state index in [-0.39, 0.29) is 10.6 Å². The number of nitrogens with one attached hydrogen (secondary N) is 1. The molecule has 0 fully saturated rings. The lowest BCUT2D eigenvalue weighted by Crippen LogP contribution is -2.40. The highest BCUT2D eigenvalue weighted by molar-refractivity contribution is 7.87. The number of methoxy groups -OCH3 is 1. The molecule has 0 bridgehead atoms. The van der Waals surface area contributed by atoms with Gasteiger partial charge in [-0.2, -0.15) is 8.42 Å². The lowest BCUT2D eigenvalue weighted by molar-refractivity contribution is -0.166. The fourth-order valence-electron chi connectivity index (χ4n) is 2.74. The zero-order valence-electron chi connectivity index (χ0n) is 19.7. The third-order valence-corrected chi connectivity index (χ3v) is 5.98. The van der Waals surface area contributed by atoms with E-state index in [0.29, 0.717) is 5.69 Å². The molecular formula is C24H29NO8S. The van der Waals surface area contributed by atoms with Gasteiger partial charge in [0.15, 0.2) is 18.0 Å². The smallest absolute Gasteiger partial charge is 0.339 e. The first kappa shape index (κ1) is 27.0. The van der Waals surface area contributed by atoms with Crippen LogP contribution >= 0.6 is 0 Å². The Kier molecular flexibility index (Phi) is 8.94. The second-order valence-corrected chi connectivity index (χ2v) is 10.1. The Hall–Kier alpha value is -3.24. The van der Waals surface area contributed by atoms with Crippen molar-refractivity contribution >= 4 is 33.5 Å². The highest BCUT2D eigenvalue weighted by atomic mass is 32.2. The molecule has 0 aliphatic rings. The third kappa shape index (κ3) is 7.67. The molecule has 9 nitrogen and oxygen atoms in total. The molecule has 0 saturated carbocycles. The van der Waals surface area contributed by atoms with Gasteiger partial charge in [0.05, 0.1) is 6.42 Å². The number of esters is 1. The fourth-order valence-corrected chi connectivity index (χ4v) is 3.67. The van der Waals surface area contributed by atoms with Crippen LogP contribution in [0.15, 0.2) is 59.5 Å². The minimum atomic E-state index is -4.06. The average molecular weight is 492 g/mol. The van der Waals surface area contributed by atoms with E-state index < -0.39 is 51.8 Å². The van der Waals surface area contributed by atoms with Gasteiger partial charge in [-0.05, 0) is 43.3 Å². The Morgan fingerprint density at radius 2 is 1.56 bits per heavy atom. The van der Waals surface area contributed by atoms with Crippen LogP contribution in [-0.2, 0) is 34.0 Å². The third-order valence-electron chi connectivity index (χ3n) is 4.72. The molecule has 0 aromatic heterocycles. The zero-order chi connectivity index (χ0) is 25.5. The van der Waals surface area contributed by atoms with Gasteiger partial charge in [-0.3, -0.25) is 9.59 Å². The first-order valence-electron chi connectivity index (χ1n) is 10.5. The molecule has 1 amide bonds. The summed E-state index contributed by atoms with van der Waals surface area (Å²) >= 11 is 0. The van der Waals surface area contributed by atoms with E-state index in [4.69, 9.17) is 13.7 Å². The Labute approximate surface area is 199 Å². The molecule has 2 atom stereocenters. The van der Waals surface area contributed by atoms with Crippen LogP contribution in [0.3, 0.4) is 0 Å². The lowest BCUT2D eigenvalue weighted by Gasteiger charge is -2.25. The molecule has 0 saturated heterocycles. The number of benzene rings is 2. The summed E-state index contributed by atoms with van der Waals surface area (Å²) in [4.78, 5) is 37.3. The number of ketones is 1. The molecule has 0 spiro atoms. The van der Waals surface area contributed by atoms with Crippen molar-refractivity contribution in [2.45, 2.75) is 51.2 Å². The highest BCUT2D eigenvalue weighted by Gasteiger charge is 2.35. The van der Waals surface area contributed by atoms with Crippen molar-refractivity contribution in [1.82, 2.24) is 0 Å². The van der Waals surface area contributed by atoms with E-state index in [1.54, 1.807) is 39.0 Å². The first-order valence-corrected chi connectivity index (χ1v) is 11.9. The molecule has 2 rings (SSSR count). The van der Waals surface area contributed by atoms with E-state index in [9.17, 15) is 22.8 Å². The van der Waals surface area contributed by atoms with Gasteiger partial charge in [-0.25, -0.2) is 4.79 Å². The van der Waals surface area contributed by atoms with Crippen LogP contribution in [0, 0.1) is 5.41 Å². The van der Waals surface area contributed by atoms with Gasteiger partial charge in [0.25, 0.3) is 0 Å². The van der Waals surface area contributed by atoms with Gasteiger partial charge >= 0.3 is 16.1 Å². The molecule has 0 aliphatic heterocycles. The van der Waals surface area contributed by atoms with Crippen molar-refractivity contribution in [3.8, 4) is 5.75 Å². The summed E-state index contributed by atoms with van der Waals surface area (Å²) in [5, 5.41) is 2.57. The molecule has 2 aromatic rings. The maximum Gasteiger partial charge on any atom is 0.339 e. The Bertz CT molecular complexity index is 1110. The standard InChI is InChI=1S/C24H29NO8S/c1-16(31-5)23(28)32-20(22(27)24(2,3)4)15-21(26)25-17-11-13-19(14-12-17)34(29,30)33-18-9-7-6-8-10-18/h6-14,16,20H,15H2,1-5H3,(H,25,26). The van der Waals surface area contributed by atoms with Gasteiger partial charge in [0.1, 0.15) is 10.6 Å². The topological polar surface area (TPSA) is 125 Å². The summed E-state index contributed by atoms with van der Waals surface area (Å²) in [6, 6.07) is 13.4. The summed E-state index contributed by atoms with van der Waals surface area (Å²) in [7, 11) is -2.73. The van der Waals surface area contributed by atoms with Crippen molar-refractivity contribution in [3.05, 3.63) is 54.6 Å². The SMILES string of the molecule is COC(C)C(=O)OC(CC(=O)Nc1ccc(S(=O)(=O)Oc2ccccc2)cc1)C(=O)C(C)(C)C. The van der Waals surface area contributed by atoms with Crippen molar-refractivity contribution in [3.63, 3.8) is 0 Å². The number of Topliss-reactive ketones (excluding diaryl/α,β-unsaturated/α-hetero) is 1. The summed E-state index contributed by atoms with van der Waals surface area (Å²) in [5.41, 5.74) is -0.557. The number of rotatable bonds is 10. The van der Waals surface area contributed by atoms with Crippen LogP contribution in [0.5, 0.6) is 5.75 Å². The van der Waals surface area contributed by atoms with Gasteiger partial charge in [-0.15, -0.1) is 0 Å². The van der Waals surface area contributed by atoms with E-state index in [0.717, 1.165) is 0 Å². The van der Waals surface area contributed by atoms with Crippen LogP contribution in [0.25, 0.3) is 0 Å². The second-order valence-electron chi connectivity index (χ2n) is 8.54. The Balaban J connectivity index is 2.09. The van der Waals surface area contributed by atoms with Crippen LogP contribution < -0.4 is 9.50 Å². The van der Waals surface area contributed by atoms with Crippen molar-refractivity contribution < 1.29 is 36.5 Å². The fraction of sp³-hybridized carbons (Fsp3) is 0.375. The zero-order valence-corrected chi connectivity index (χ0v) is 20.5. The second kappa shape index (κ2) is 11.3. The Morgan fingerprint density at radius 3 is 2.09 bits per heavy atom. The van der Waals surface area contributed by atoms with Crippen molar-refractivity contribution in [2.75, 3.05) is 12.4 Å². The predicted molar refractivity (Wildman–Crippen MR) is 125 cm³/mol. The maximum absolute atomic E-state index is 12.7. The normalized spacial score (nSPS) is 13.4. The van der Waals surface area contributed by atoms with Crippen LogP contribution in [0.1, 0.15) is 34.1 Å². The number of amides is 1. The molecule has 0 heterocycles. The predicted octanol–water partition coefficient (Wildman–Crippen LogP) is 3.34. The monoisotopic (exact) mass is 491 g/mol. The quantitative estimate of drug-likeness (QED) is 0.396. The molecule has 34 heavy (non-hydrogen) atoms. The minimum Gasteiger partial charge on any atom is -0.452 e. The number of para-hydroxylation sites is 1. The molecular weight excluding hydrogens is 462 g/mol. The first-order chi connectivity index (χ1) is 15.8. The van der Waals surface area contributed by atoms with Crippen LogP contribution in [0.4, 0.5) is 5.69 Å². The lowest BCUT2D eigenvalue weighted by atomic mass is 9.86. The molecule has 1 N–H and O–H groups in total. The van der Waals surface area contributed by atoms with Crippen molar-refractivity contribution in [1.29, 1.82) is 0 Å². The molecule has 10 heteroatoms. The molecule has 2 unspecified atom stereocenters. The largest absolute Gasteiger partial charge is 0.452 e. The van der Waals surface area contributed by atoms with Gasteiger partial charge < -0.3 is 19.0 Å². The van der Waals surface area contributed by atoms with E-state index in [2.05, 4.69) is 5.32 Å². The molecule has 184 valence electrons. The number of carbonyl (C=O) groups is 3. The summed E-state index contributed by atoms with van der Waals surface area (Å²) in [6.07, 6.45) is -2.61. The summed E-state index contributed by atoms with van der Waals surface area (Å²) < 4.78 is 40.1. The number of hydrogen-bond acceptors (Lipinski definition) is 8. The van der Waals surface area contributed by atoms with E-state index in [1.165, 1.54) is 50.4 Å². The molecule has 0 aliphatic carbocycles. The summed E-state index contributed by atoms with van der Waals surface area (Å²) in [6.45, 7) is 6.44. The van der Waals surface area contributed by atoms with Crippen LogP contribution in [0.2, 0.25) is 0 Å². The van der Waals surface area contributed by atoms with Gasteiger partial charge in [0, 0.05) is 18.2 Å². The molecule has 2 aromatic carbocycles. The highest BCUT2D eigenvalue weighted by Crippen LogP contribution is 2.23. The molecule has 0 radical (unpaired) electrons. The number of carbonyl (C=O) groups excluding carboxylic acids is 3. The minimum absolute atomic E-state index is 0.0994. The van der Waals surface area contributed by atoms with Gasteiger partial charge in [0.2, 0.25) is 5.91 Å². The van der Waals surface area contributed by atoms with E-state index >= 15 is 0 Å². The van der Waals surface area contributed by atoms with Crippen molar-refractivity contribution in [2.24, 2.45) is 5.41 Å². The number of ether oxygens (including phenoxy) is 2. The number of anilines is 1. The van der Waals surface area contributed by atoms with Gasteiger partial charge in [-0.1, -0.05) is 39.0 Å². The Morgan fingerprint density at radius 1 is 0.971 bits per heavy atom. The van der Waals surface area contributed by atoms with E-state index in [1.807, 2.05) is 0 Å². The summed E-state index contributed by atoms with van der Waals surface area (Å²) in [5.74, 6) is -1.59. The maximum atomic E-state index is 12.7. The average Bonchev–Trinajstić information content (AvgIpc) is 2.77.